The van der Waals surface area contributed by atoms with Gasteiger partial charge in [-0.1, -0.05) is 0 Å². The summed E-state index contributed by atoms with van der Waals surface area (Å²) in [4.78, 5) is 21.1. The summed E-state index contributed by atoms with van der Waals surface area (Å²) in [5.74, 6) is 0.697. The highest BCUT2D eigenvalue weighted by Crippen LogP contribution is 2.31. The van der Waals surface area contributed by atoms with Crippen molar-refractivity contribution in [3.05, 3.63) is 21.5 Å². The lowest BCUT2D eigenvalue weighted by molar-refractivity contribution is 0.620. The van der Waals surface area contributed by atoms with Crippen molar-refractivity contribution in [1.29, 1.82) is 0 Å². The van der Waals surface area contributed by atoms with E-state index >= 15 is 0 Å². The van der Waals surface area contributed by atoms with Gasteiger partial charge >= 0.3 is 0 Å². The molecule has 1 saturated carbocycles. The molecule has 0 saturated heterocycles. The van der Waals surface area contributed by atoms with Crippen molar-refractivity contribution in [2.24, 2.45) is 5.92 Å². The summed E-state index contributed by atoms with van der Waals surface area (Å²) >= 11 is 5.13. The average Bonchev–Trinajstić information content (AvgIpc) is 2.87. The van der Waals surface area contributed by atoms with Gasteiger partial charge in [-0.3, -0.25) is 9.78 Å². The monoisotopic (exact) mass is 222 g/mol. The van der Waals surface area contributed by atoms with Gasteiger partial charge in [0.25, 0.3) is 5.56 Å². The van der Waals surface area contributed by atoms with E-state index in [9.17, 15) is 4.79 Å². The summed E-state index contributed by atoms with van der Waals surface area (Å²) in [6.07, 6.45) is 4.01. The Hall–Kier alpha value is -1.43. The number of H-pyrrole nitrogens is 2. The van der Waals surface area contributed by atoms with E-state index in [4.69, 9.17) is 12.2 Å². The summed E-state index contributed by atoms with van der Waals surface area (Å²) in [5, 5.41) is 0. The van der Waals surface area contributed by atoms with Crippen LogP contribution in [-0.2, 0) is 6.54 Å². The predicted octanol–water partition coefficient (Wildman–Crippen LogP) is 1.19. The minimum absolute atomic E-state index is 0.195. The zero-order chi connectivity index (χ0) is 10.4. The maximum absolute atomic E-state index is 11.5. The Kier molecular flexibility index (Phi) is 1.79. The zero-order valence-electron chi connectivity index (χ0n) is 7.99. The Morgan fingerprint density at radius 3 is 3.13 bits per heavy atom. The average molecular weight is 222 g/mol. The molecule has 15 heavy (non-hydrogen) atoms. The zero-order valence-corrected chi connectivity index (χ0v) is 8.80. The Morgan fingerprint density at radius 2 is 2.40 bits per heavy atom. The van der Waals surface area contributed by atoms with Gasteiger partial charge in [0.05, 0.1) is 6.33 Å². The van der Waals surface area contributed by atoms with E-state index in [0.717, 1.165) is 6.54 Å². The second-order valence-electron chi connectivity index (χ2n) is 3.91. The Morgan fingerprint density at radius 1 is 1.60 bits per heavy atom. The predicted molar refractivity (Wildman–Crippen MR) is 58.3 cm³/mol. The van der Waals surface area contributed by atoms with Crippen molar-refractivity contribution in [1.82, 2.24) is 19.5 Å². The fourth-order valence-electron chi connectivity index (χ4n) is 1.71. The number of fused-ring (bicyclic) bond motifs is 1. The first-order chi connectivity index (χ1) is 7.25. The summed E-state index contributed by atoms with van der Waals surface area (Å²) in [6, 6.07) is 0. The van der Waals surface area contributed by atoms with Crippen LogP contribution in [0.1, 0.15) is 12.8 Å². The van der Waals surface area contributed by atoms with Gasteiger partial charge in [0, 0.05) is 6.54 Å². The van der Waals surface area contributed by atoms with E-state index in [0.29, 0.717) is 21.9 Å². The number of imidazole rings is 1. The molecule has 2 N–H and O–H groups in total. The van der Waals surface area contributed by atoms with Gasteiger partial charge in [0.2, 0.25) is 0 Å². The third kappa shape index (κ3) is 1.41. The van der Waals surface area contributed by atoms with E-state index in [1.807, 2.05) is 4.57 Å². The lowest BCUT2D eigenvalue weighted by Crippen LogP contribution is -2.15. The summed E-state index contributed by atoms with van der Waals surface area (Å²) in [7, 11) is 0. The van der Waals surface area contributed by atoms with Crippen LogP contribution in [0.15, 0.2) is 11.1 Å². The van der Waals surface area contributed by atoms with Gasteiger partial charge in [-0.25, -0.2) is 4.98 Å². The number of aromatic nitrogens is 4. The number of rotatable bonds is 2. The van der Waals surface area contributed by atoms with Gasteiger partial charge in [0.15, 0.2) is 10.4 Å². The number of nitrogens with zero attached hydrogens (tertiary/aromatic N) is 2. The minimum Gasteiger partial charge on any atom is -0.339 e. The molecule has 5 nitrogen and oxygen atoms in total. The molecular formula is C9H10N4OS. The molecule has 0 aromatic carbocycles. The van der Waals surface area contributed by atoms with Crippen LogP contribution in [-0.4, -0.2) is 19.5 Å². The molecule has 0 aliphatic heterocycles. The fourth-order valence-corrected chi connectivity index (χ4v) is 1.96. The Bertz CT molecular complexity index is 619. The first-order valence-electron chi connectivity index (χ1n) is 4.92. The standard InChI is InChI=1S/C9H10N4OS/c14-8-6-7(11-4-10-6)13(9(15)12-8)3-5-1-2-5/h4-5H,1-3H2,(H,10,11)(H,12,14,15). The van der Waals surface area contributed by atoms with E-state index in [1.165, 1.54) is 19.2 Å². The topological polar surface area (TPSA) is 66.5 Å². The molecular weight excluding hydrogens is 212 g/mol. The van der Waals surface area contributed by atoms with Gasteiger partial charge in [-0.15, -0.1) is 0 Å². The van der Waals surface area contributed by atoms with Crippen LogP contribution in [0.25, 0.3) is 11.2 Å². The van der Waals surface area contributed by atoms with Crippen molar-refractivity contribution in [2.75, 3.05) is 0 Å². The molecule has 3 rings (SSSR count). The number of nitrogens with one attached hydrogen (secondary N) is 2. The van der Waals surface area contributed by atoms with Gasteiger partial charge in [0.1, 0.15) is 5.52 Å². The molecule has 0 bridgehead atoms. The molecule has 0 atom stereocenters. The molecule has 1 fully saturated rings. The highest BCUT2D eigenvalue weighted by molar-refractivity contribution is 7.71. The highest BCUT2D eigenvalue weighted by Gasteiger charge is 2.23. The van der Waals surface area contributed by atoms with Crippen LogP contribution < -0.4 is 5.56 Å². The maximum Gasteiger partial charge on any atom is 0.277 e. The highest BCUT2D eigenvalue weighted by atomic mass is 32.1. The van der Waals surface area contributed by atoms with E-state index in [2.05, 4.69) is 15.0 Å². The molecule has 2 aromatic rings. The Labute approximate surface area is 90.2 Å². The normalized spacial score (nSPS) is 16.0. The lowest BCUT2D eigenvalue weighted by atomic mass is 10.4. The van der Waals surface area contributed by atoms with Crippen LogP contribution in [0.2, 0.25) is 0 Å². The Balaban J connectivity index is 2.29. The maximum atomic E-state index is 11.5. The lowest BCUT2D eigenvalue weighted by Gasteiger charge is -2.05. The smallest absolute Gasteiger partial charge is 0.277 e. The van der Waals surface area contributed by atoms with E-state index in [1.54, 1.807) is 0 Å². The van der Waals surface area contributed by atoms with Crippen molar-refractivity contribution in [3.8, 4) is 0 Å². The molecule has 1 aliphatic carbocycles. The molecule has 78 valence electrons. The molecule has 0 amide bonds. The van der Waals surface area contributed by atoms with Crippen molar-refractivity contribution >= 4 is 23.4 Å². The molecule has 0 radical (unpaired) electrons. The SMILES string of the molecule is O=c1[nH]c(=S)n(CC2CC2)c2nc[nH]c12. The number of hydrogen-bond donors (Lipinski definition) is 2. The minimum atomic E-state index is -0.195. The van der Waals surface area contributed by atoms with Crippen LogP contribution >= 0.6 is 12.2 Å². The summed E-state index contributed by atoms with van der Waals surface area (Å²) < 4.78 is 2.37. The van der Waals surface area contributed by atoms with Crippen LogP contribution in [0.4, 0.5) is 0 Å². The fraction of sp³-hybridized carbons (Fsp3) is 0.444. The van der Waals surface area contributed by atoms with Crippen LogP contribution in [0, 0.1) is 10.7 Å². The summed E-state index contributed by atoms with van der Waals surface area (Å²) in [6.45, 7) is 0.858. The molecule has 0 unspecified atom stereocenters. The second kappa shape index (κ2) is 3.03. The van der Waals surface area contributed by atoms with E-state index < -0.39 is 0 Å². The van der Waals surface area contributed by atoms with Crippen molar-refractivity contribution in [3.63, 3.8) is 0 Å². The van der Waals surface area contributed by atoms with Gasteiger partial charge < -0.3 is 9.55 Å². The summed E-state index contributed by atoms with van der Waals surface area (Å²) in [5.41, 5.74) is 0.972. The van der Waals surface area contributed by atoms with Crippen LogP contribution in [0.3, 0.4) is 0 Å². The number of hydrogen-bond acceptors (Lipinski definition) is 3. The number of aromatic amines is 2. The third-order valence-corrected chi connectivity index (χ3v) is 3.03. The van der Waals surface area contributed by atoms with E-state index in [-0.39, 0.29) is 5.56 Å². The third-order valence-electron chi connectivity index (χ3n) is 2.71. The molecule has 0 spiro atoms. The first-order valence-corrected chi connectivity index (χ1v) is 5.33. The first kappa shape index (κ1) is 8.84. The molecule has 1 aliphatic rings. The molecule has 2 aromatic heterocycles. The van der Waals surface area contributed by atoms with Crippen molar-refractivity contribution in [2.45, 2.75) is 19.4 Å². The van der Waals surface area contributed by atoms with Gasteiger partial charge in [-0.2, -0.15) is 0 Å². The van der Waals surface area contributed by atoms with Crippen LogP contribution in [0.5, 0.6) is 0 Å². The largest absolute Gasteiger partial charge is 0.339 e. The second-order valence-corrected chi connectivity index (χ2v) is 4.30. The molecule has 6 heteroatoms. The van der Waals surface area contributed by atoms with Gasteiger partial charge in [-0.05, 0) is 31.0 Å². The quantitative estimate of drug-likeness (QED) is 0.750. The molecule has 2 heterocycles. The van der Waals surface area contributed by atoms with Crippen molar-refractivity contribution < 1.29 is 0 Å².